The lowest BCUT2D eigenvalue weighted by atomic mass is 10.1. The van der Waals surface area contributed by atoms with E-state index in [9.17, 15) is 4.79 Å². The lowest BCUT2D eigenvalue weighted by Crippen LogP contribution is -2.55. The summed E-state index contributed by atoms with van der Waals surface area (Å²) in [6.07, 6.45) is 1.50. The van der Waals surface area contributed by atoms with Crippen LogP contribution in [0, 0.1) is 0 Å². The molecule has 0 spiro atoms. The summed E-state index contributed by atoms with van der Waals surface area (Å²) < 4.78 is 0. The van der Waals surface area contributed by atoms with Crippen molar-refractivity contribution in [2.45, 2.75) is 38.8 Å². The molecule has 0 radical (unpaired) electrons. The molecule has 2 unspecified atom stereocenters. The van der Waals surface area contributed by atoms with E-state index in [-0.39, 0.29) is 11.9 Å². The molecule has 5 heteroatoms. The predicted octanol–water partition coefficient (Wildman–Crippen LogP) is -0.134. The number of piperazine rings is 1. The summed E-state index contributed by atoms with van der Waals surface area (Å²) in [6.45, 7) is 8.64. The molecular formula is C13H28N4O. The number of carbonyl (C=O) groups excluding carboxylic acids is 1. The number of rotatable bonds is 6. The molecule has 1 aliphatic rings. The lowest BCUT2D eigenvalue weighted by Gasteiger charge is -2.41. The van der Waals surface area contributed by atoms with Crippen molar-refractivity contribution in [3.63, 3.8) is 0 Å². The zero-order chi connectivity index (χ0) is 13.5. The van der Waals surface area contributed by atoms with Crippen molar-refractivity contribution >= 4 is 5.91 Å². The van der Waals surface area contributed by atoms with Crippen molar-refractivity contribution in [2.75, 3.05) is 39.8 Å². The van der Waals surface area contributed by atoms with Gasteiger partial charge in [-0.3, -0.25) is 9.69 Å². The van der Waals surface area contributed by atoms with Gasteiger partial charge < -0.3 is 16.0 Å². The van der Waals surface area contributed by atoms with Gasteiger partial charge in [0.15, 0.2) is 0 Å². The summed E-state index contributed by atoms with van der Waals surface area (Å²) in [6, 6.07) is 0.713. The molecule has 106 valence electrons. The molecule has 1 saturated heterocycles. The molecule has 0 aliphatic carbocycles. The molecule has 1 heterocycles. The van der Waals surface area contributed by atoms with Gasteiger partial charge in [0.05, 0.1) is 0 Å². The summed E-state index contributed by atoms with van der Waals surface area (Å²) >= 11 is 0. The highest BCUT2D eigenvalue weighted by molar-refractivity contribution is 5.76. The highest BCUT2D eigenvalue weighted by Crippen LogP contribution is 2.12. The number of nitrogens with one attached hydrogen (secondary N) is 1. The van der Waals surface area contributed by atoms with Crippen molar-refractivity contribution in [2.24, 2.45) is 5.73 Å². The highest BCUT2D eigenvalue weighted by atomic mass is 16.1. The second-order valence-electron chi connectivity index (χ2n) is 5.27. The maximum Gasteiger partial charge on any atom is 0.221 e. The fourth-order valence-electron chi connectivity index (χ4n) is 2.32. The topological polar surface area (TPSA) is 61.6 Å². The molecule has 1 rings (SSSR count). The number of hydrogen-bond donors (Lipinski definition) is 2. The van der Waals surface area contributed by atoms with Gasteiger partial charge in [-0.15, -0.1) is 0 Å². The van der Waals surface area contributed by atoms with Crippen LogP contribution in [0.3, 0.4) is 0 Å². The van der Waals surface area contributed by atoms with E-state index >= 15 is 0 Å². The third-order valence-corrected chi connectivity index (χ3v) is 3.77. The molecule has 0 aromatic heterocycles. The van der Waals surface area contributed by atoms with E-state index in [1.807, 2.05) is 0 Å². The third kappa shape index (κ3) is 4.55. The van der Waals surface area contributed by atoms with Crippen molar-refractivity contribution in [1.29, 1.82) is 0 Å². The first kappa shape index (κ1) is 15.4. The van der Waals surface area contributed by atoms with E-state index in [2.05, 4.69) is 36.0 Å². The van der Waals surface area contributed by atoms with Gasteiger partial charge in [-0.05, 0) is 20.4 Å². The van der Waals surface area contributed by atoms with Gasteiger partial charge in [0.1, 0.15) is 0 Å². The molecule has 0 bridgehead atoms. The van der Waals surface area contributed by atoms with Crippen LogP contribution in [0.25, 0.3) is 0 Å². The molecule has 3 N–H and O–H groups in total. The van der Waals surface area contributed by atoms with E-state index in [1.54, 1.807) is 0 Å². The number of nitrogens with two attached hydrogens (primary N) is 1. The van der Waals surface area contributed by atoms with Gasteiger partial charge in [0.25, 0.3) is 0 Å². The van der Waals surface area contributed by atoms with E-state index in [0.29, 0.717) is 19.0 Å². The van der Waals surface area contributed by atoms with Gasteiger partial charge in [-0.2, -0.15) is 0 Å². The second-order valence-corrected chi connectivity index (χ2v) is 5.27. The fraction of sp³-hybridized carbons (Fsp3) is 0.923. The number of amides is 1. The predicted molar refractivity (Wildman–Crippen MR) is 74.4 cm³/mol. The Kier molecular flexibility index (Phi) is 6.60. The first-order valence-corrected chi connectivity index (χ1v) is 6.99. The van der Waals surface area contributed by atoms with Crippen LogP contribution in [0.5, 0.6) is 0 Å². The van der Waals surface area contributed by atoms with Gasteiger partial charge in [-0.1, -0.05) is 6.92 Å². The first-order valence-electron chi connectivity index (χ1n) is 6.99. The average molecular weight is 256 g/mol. The van der Waals surface area contributed by atoms with Crippen LogP contribution in [-0.4, -0.2) is 67.6 Å². The summed E-state index contributed by atoms with van der Waals surface area (Å²) in [5.41, 5.74) is 5.83. The minimum Gasteiger partial charge on any atom is -0.356 e. The zero-order valence-corrected chi connectivity index (χ0v) is 12.0. The Morgan fingerprint density at radius 2 is 2.22 bits per heavy atom. The van der Waals surface area contributed by atoms with Crippen LogP contribution in [-0.2, 0) is 4.79 Å². The van der Waals surface area contributed by atoms with Crippen molar-refractivity contribution < 1.29 is 4.79 Å². The SMILES string of the molecule is CCCNC(=O)CC(CN)N1CCN(C)C(C)C1. The standard InChI is InChI=1S/C13H28N4O/c1-4-5-15-13(18)8-12(9-14)17-7-6-16(3)11(2)10-17/h11-12H,4-10,14H2,1-3H3,(H,15,18). The summed E-state index contributed by atoms with van der Waals surface area (Å²) in [4.78, 5) is 16.5. The van der Waals surface area contributed by atoms with Crippen LogP contribution < -0.4 is 11.1 Å². The lowest BCUT2D eigenvalue weighted by molar-refractivity contribution is -0.122. The van der Waals surface area contributed by atoms with E-state index in [0.717, 1.165) is 32.6 Å². The average Bonchev–Trinajstić information content (AvgIpc) is 2.37. The fourth-order valence-corrected chi connectivity index (χ4v) is 2.32. The van der Waals surface area contributed by atoms with Crippen LogP contribution >= 0.6 is 0 Å². The third-order valence-electron chi connectivity index (χ3n) is 3.77. The van der Waals surface area contributed by atoms with Gasteiger partial charge >= 0.3 is 0 Å². The zero-order valence-electron chi connectivity index (χ0n) is 12.0. The Labute approximate surface area is 111 Å². The van der Waals surface area contributed by atoms with Crippen molar-refractivity contribution in [1.82, 2.24) is 15.1 Å². The molecular weight excluding hydrogens is 228 g/mol. The Morgan fingerprint density at radius 1 is 1.50 bits per heavy atom. The Balaban J connectivity index is 2.43. The smallest absolute Gasteiger partial charge is 0.221 e. The van der Waals surface area contributed by atoms with E-state index in [4.69, 9.17) is 5.73 Å². The monoisotopic (exact) mass is 256 g/mol. The van der Waals surface area contributed by atoms with Gasteiger partial charge in [-0.25, -0.2) is 0 Å². The molecule has 0 aromatic carbocycles. The molecule has 1 fully saturated rings. The number of nitrogens with zero attached hydrogens (tertiary/aromatic N) is 2. The van der Waals surface area contributed by atoms with Crippen LogP contribution in [0.15, 0.2) is 0 Å². The normalized spacial score (nSPS) is 23.9. The Bertz CT molecular complexity index is 259. The van der Waals surface area contributed by atoms with Crippen LogP contribution in [0.4, 0.5) is 0 Å². The maximum absolute atomic E-state index is 11.8. The largest absolute Gasteiger partial charge is 0.356 e. The Hall–Kier alpha value is -0.650. The number of hydrogen-bond acceptors (Lipinski definition) is 4. The summed E-state index contributed by atoms with van der Waals surface area (Å²) in [5, 5.41) is 2.92. The number of carbonyl (C=O) groups is 1. The molecule has 0 aromatic rings. The quantitative estimate of drug-likeness (QED) is 0.695. The van der Waals surface area contributed by atoms with E-state index in [1.165, 1.54) is 0 Å². The number of likely N-dealkylation sites (N-methyl/N-ethyl adjacent to an activating group) is 1. The minimum atomic E-state index is 0.124. The molecule has 1 amide bonds. The van der Waals surface area contributed by atoms with Crippen molar-refractivity contribution in [3.8, 4) is 0 Å². The Morgan fingerprint density at radius 3 is 2.78 bits per heavy atom. The molecule has 18 heavy (non-hydrogen) atoms. The highest BCUT2D eigenvalue weighted by Gasteiger charge is 2.26. The summed E-state index contributed by atoms with van der Waals surface area (Å²) in [5.74, 6) is 0.124. The maximum atomic E-state index is 11.8. The second kappa shape index (κ2) is 7.71. The molecule has 1 aliphatic heterocycles. The van der Waals surface area contributed by atoms with Gasteiger partial charge in [0.2, 0.25) is 5.91 Å². The molecule has 5 nitrogen and oxygen atoms in total. The molecule has 0 saturated carbocycles. The first-order chi connectivity index (χ1) is 8.58. The van der Waals surface area contributed by atoms with Gasteiger partial charge in [0, 0.05) is 51.2 Å². The molecule has 2 atom stereocenters. The summed E-state index contributed by atoms with van der Waals surface area (Å²) in [7, 11) is 2.15. The minimum absolute atomic E-state index is 0.124. The van der Waals surface area contributed by atoms with Crippen LogP contribution in [0.1, 0.15) is 26.7 Å². The van der Waals surface area contributed by atoms with E-state index < -0.39 is 0 Å². The van der Waals surface area contributed by atoms with Crippen molar-refractivity contribution in [3.05, 3.63) is 0 Å². The van der Waals surface area contributed by atoms with Crippen LogP contribution in [0.2, 0.25) is 0 Å².